The van der Waals surface area contributed by atoms with Gasteiger partial charge in [0.15, 0.2) is 0 Å². The molecule has 0 bridgehead atoms. The van der Waals surface area contributed by atoms with Gasteiger partial charge in [-0.15, -0.1) is 0 Å². The third-order valence-electron chi connectivity index (χ3n) is 7.18. The third-order valence-corrected chi connectivity index (χ3v) is 7.18. The lowest BCUT2D eigenvalue weighted by Gasteiger charge is -2.30. The molecule has 6 nitrogen and oxygen atoms in total. The van der Waals surface area contributed by atoms with Gasteiger partial charge in [-0.3, -0.25) is 9.59 Å². The number of carbonyl (C=O) groups is 2. The zero-order valence-corrected chi connectivity index (χ0v) is 21.6. The highest BCUT2D eigenvalue weighted by Crippen LogP contribution is 2.28. The minimum Gasteiger partial charge on any atom is -0.351 e. The lowest BCUT2D eigenvalue weighted by Crippen LogP contribution is -2.39. The van der Waals surface area contributed by atoms with Crippen molar-refractivity contribution >= 4 is 28.8 Å². The SMILES string of the molecule is CCCCCCCCNC(=O)/C(C#N)=C/c1c(C)n(CC(=O)N2CCC(C)CC2)c2ccccc12. The second-order valence-corrected chi connectivity index (χ2v) is 9.86. The van der Waals surface area contributed by atoms with Crippen LogP contribution in [0, 0.1) is 24.2 Å². The van der Waals surface area contributed by atoms with E-state index in [0.29, 0.717) is 12.5 Å². The number of fused-ring (bicyclic) bond motifs is 1. The Bertz CT molecular complexity index is 1080. The van der Waals surface area contributed by atoms with Crippen LogP contribution >= 0.6 is 0 Å². The van der Waals surface area contributed by atoms with Crippen LogP contribution in [0.3, 0.4) is 0 Å². The Morgan fingerprint density at radius 1 is 1.11 bits per heavy atom. The number of nitriles is 1. The molecule has 0 atom stereocenters. The van der Waals surface area contributed by atoms with Crippen molar-refractivity contribution in [2.75, 3.05) is 19.6 Å². The van der Waals surface area contributed by atoms with Gasteiger partial charge in [0.25, 0.3) is 5.91 Å². The van der Waals surface area contributed by atoms with Gasteiger partial charge in [-0.05, 0) is 44.2 Å². The predicted octanol–water partition coefficient (Wildman–Crippen LogP) is 5.59. The minimum atomic E-state index is -0.337. The minimum absolute atomic E-state index is 0.0957. The van der Waals surface area contributed by atoms with Crippen LogP contribution in [-0.4, -0.2) is 40.9 Å². The molecule has 2 aromatic rings. The summed E-state index contributed by atoms with van der Waals surface area (Å²) in [5, 5.41) is 13.6. The van der Waals surface area contributed by atoms with Crippen LogP contribution < -0.4 is 5.32 Å². The predicted molar refractivity (Wildman–Crippen MR) is 142 cm³/mol. The Morgan fingerprint density at radius 3 is 2.51 bits per heavy atom. The number of hydrogen-bond donors (Lipinski definition) is 1. The van der Waals surface area contributed by atoms with Gasteiger partial charge >= 0.3 is 0 Å². The average molecular weight is 477 g/mol. The number of carbonyl (C=O) groups excluding carboxylic acids is 2. The van der Waals surface area contributed by atoms with Crippen molar-refractivity contribution in [2.45, 2.75) is 78.7 Å². The summed E-state index contributed by atoms with van der Waals surface area (Å²) >= 11 is 0. The number of amides is 2. The van der Waals surface area contributed by atoms with Crippen LogP contribution in [0.2, 0.25) is 0 Å². The van der Waals surface area contributed by atoms with Gasteiger partial charge in [0, 0.05) is 41.8 Å². The topological polar surface area (TPSA) is 78.1 Å². The molecule has 0 aliphatic carbocycles. The number of piperidine rings is 1. The molecule has 35 heavy (non-hydrogen) atoms. The molecule has 0 unspecified atom stereocenters. The van der Waals surface area contributed by atoms with Crippen molar-refractivity contribution in [1.29, 1.82) is 5.26 Å². The first-order valence-electron chi connectivity index (χ1n) is 13.2. The molecular formula is C29H40N4O2. The first-order valence-corrected chi connectivity index (χ1v) is 13.2. The van der Waals surface area contributed by atoms with E-state index in [2.05, 4.69) is 25.2 Å². The maximum Gasteiger partial charge on any atom is 0.261 e. The summed E-state index contributed by atoms with van der Waals surface area (Å²) in [6.07, 6.45) is 10.7. The summed E-state index contributed by atoms with van der Waals surface area (Å²) in [6, 6.07) is 9.97. The van der Waals surface area contributed by atoms with Crippen LogP contribution in [-0.2, 0) is 16.1 Å². The quantitative estimate of drug-likeness (QED) is 0.261. The number of para-hydroxylation sites is 1. The number of unbranched alkanes of at least 4 members (excludes halogenated alkanes) is 5. The molecule has 0 radical (unpaired) electrons. The van der Waals surface area contributed by atoms with E-state index in [1.165, 1.54) is 25.7 Å². The highest BCUT2D eigenvalue weighted by molar-refractivity contribution is 6.04. The van der Waals surface area contributed by atoms with Gasteiger partial charge in [0.2, 0.25) is 5.91 Å². The van der Waals surface area contributed by atoms with Crippen molar-refractivity contribution < 1.29 is 9.59 Å². The van der Waals surface area contributed by atoms with Gasteiger partial charge < -0.3 is 14.8 Å². The molecule has 1 fully saturated rings. The molecule has 0 spiro atoms. The van der Waals surface area contributed by atoms with Gasteiger partial charge in [0.05, 0.1) is 0 Å². The van der Waals surface area contributed by atoms with Crippen LogP contribution in [0.25, 0.3) is 17.0 Å². The molecule has 1 N–H and O–H groups in total. The number of rotatable bonds is 11. The molecule has 0 saturated carbocycles. The fourth-order valence-corrected chi connectivity index (χ4v) is 4.83. The summed E-state index contributed by atoms with van der Waals surface area (Å²) in [6.45, 7) is 8.85. The maximum atomic E-state index is 13.1. The molecule has 1 aliphatic heterocycles. The third kappa shape index (κ3) is 6.97. The second-order valence-electron chi connectivity index (χ2n) is 9.86. The molecule has 1 aliphatic rings. The van der Waals surface area contributed by atoms with Crippen molar-refractivity contribution in [3.63, 3.8) is 0 Å². The van der Waals surface area contributed by atoms with E-state index in [-0.39, 0.29) is 23.9 Å². The molecule has 6 heteroatoms. The number of nitrogens with zero attached hydrogens (tertiary/aromatic N) is 3. The van der Waals surface area contributed by atoms with E-state index < -0.39 is 0 Å². The standard InChI is InChI=1S/C29H40N4O2/c1-4-5-6-7-8-11-16-31-29(35)24(20-30)19-26-23(3)33(27-13-10-9-12-25(26)27)21-28(34)32-17-14-22(2)15-18-32/h9-10,12-13,19,22H,4-8,11,14-18,21H2,1-3H3,(H,31,35)/b24-19+. The largest absolute Gasteiger partial charge is 0.351 e. The Hall–Kier alpha value is -3.07. The van der Waals surface area contributed by atoms with Crippen LogP contribution in [0.5, 0.6) is 0 Å². The second kappa shape index (κ2) is 13.1. The summed E-state index contributed by atoms with van der Waals surface area (Å²) in [7, 11) is 0. The monoisotopic (exact) mass is 476 g/mol. The fraction of sp³-hybridized carbons (Fsp3) is 0.552. The Balaban J connectivity index is 1.74. The first-order chi connectivity index (χ1) is 17.0. The fourth-order valence-electron chi connectivity index (χ4n) is 4.83. The first kappa shape index (κ1) is 26.5. The van der Waals surface area contributed by atoms with Crippen molar-refractivity contribution in [3.05, 3.63) is 41.1 Å². The zero-order valence-electron chi connectivity index (χ0n) is 21.6. The average Bonchev–Trinajstić information content (AvgIpc) is 3.12. The highest BCUT2D eigenvalue weighted by Gasteiger charge is 2.23. The summed E-state index contributed by atoms with van der Waals surface area (Å²) in [5.41, 5.74) is 2.76. The summed E-state index contributed by atoms with van der Waals surface area (Å²) < 4.78 is 2.02. The molecule has 3 rings (SSSR count). The molecular weight excluding hydrogens is 436 g/mol. The number of aromatic nitrogens is 1. The van der Waals surface area contributed by atoms with E-state index in [9.17, 15) is 14.9 Å². The van der Waals surface area contributed by atoms with Crippen molar-refractivity contribution in [1.82, 2.24) is 14.8 Å². The van der Waals surface area contributed by atoms with Crippen LogP contribution in [0.4, 0.5) is 0 Å². The summed E-state index contributed by atoms with van der Waals surface area (Å²) in [4.78, 5) is 27.7. The molecule has 2 heterocycles. The number of hydrogen-bond acceptors (Lipinski definition) is 3. The van der Waals surface area contributed by atoms with Crippen LogP contribution in [0.15, 0.2) is 29.8 Å². The maximum absolute atomic E-state index is 13.1. The Morgan fingerprint density at radius 2 is 1.80 bits per heavy atom. The van der Waals surface area contributed by atoms with E-state index in [4.69, 9.17) is 0 Å². The normalized spacial score (nSPS) is 14.8. The highest BCUT2D eigenvalue weighted by atomic mass is 16.2. The number of nitrogens with one attached hydrogen (secondary N) is 1. The molecule has 1 aromatic heterocycles. The van der Waals surface area contributed by atoms with E-state index in [1.807, 2.05) is 40.7 Å². The van der Waals surface area contributed by atoms with E-state index in [1.54, 1.807) is 6.08 Å². The molecule has 1 saturated heterocycles. The zero-order chi connectivity index (χ0) is 25.2. The van der Waals surface area contributed by atoms with Crippen molar-refractivity contribution in [2.24, 2.45) is 5.92 Å². The Labute approximate surface area is 210 Å². The van der Waals surface area contributed by atoms with E-state index >= 15 is 0 Å². The number of benzene rings is 1. The van der Waals surface area contributed by atoms with Gasteiger partial charge in [-0.1, -0.05) is 64.2 Å². The molecule has 1 aromatic carbocycles. The van der Waals surface area contributed by atoms with Gasteiger partial charge in [-0.2, -0.15) is 5.26 Å². The summed E-state index contributed by atoms with van der Waals surface area (Å²) in [5.74, 6) is 0.450. The number of likely N-dealkylation sites (tertiary alicyclic amines) is 1. The van der Waals surface area contributed by atoms with E-state index in [0.717, 1.165) is 60.9 Å². The lowest BCUT2D eigenvalue weighted by molar-refractivity contribution is -0.133. The van der Waals surface area contributed by atoms with Crippen LogP contribution in [0.1, 0.15) is 76.5 Å². The smallest absolute Gasteiger partial charge is 0.261 e. The molecule has 188 valence electrons. The van der Waals surface area contributed by atoms with Gasteiger partial charge in [0.1, 0.15) is 18.2 Å². The lowest BCUT2D eigenvalue weighted by atomic mass is 9.99. The van der Waals surface area contributed by atoms with Gasteiger partial charge in [-0.25, -0.2) is 0 Å². The molecule has 2 amide bonds. The van der Waals surface area contributed by atoms with Crippen molar-refractivity contribution in [3.8, 4) is 6.07 Å². The Kier molecular flexibility index (Phi) is 9.96.